The van der Waals surface area contributed by atoms with Crippen molar-refractivity contribution in [3.63, 3.8) is 0 Å². The van der Waals surface area contributed by atoms with Gasteiger partial charge in [0.05, 0.1) is 11.3 Å². The molecule has 1 aromatic rings. The predicted molar refractivity (Wildman–Crippen MR) is 88.2 cm³/mol. The fourth-order valence-electron chi connectivity index (χ4n) is 2.45. The third-order valence-corrected chi connectivity index (χ3v) is 3.77. The number of rotatable bonds is 5. The molecule has 1 aliphatic rings. The van der Waals surface area contributed by atoms with Crippen molar-refractivity contribution in [3.8, 4) is 0 Å². The molecule has 124 valence electrons. The second-order valence-corrected chi connectivity index (χ2v) is 6.17. The lowest BCUT2D eigenvalue weighted by Gasteiger charge is -2.23. The Bertz CT molecular complexity index is 613. The Labute approximate surface area is 136 Å². The maximum atomic E-state index is 12.5. The van der Waals surface area contributed by atoms with Gasteiger partial charge in [-0.15, -0.1) is 0 Å². The maximum Gasteiger partial charge on any atom is 0.254 e. The van der Waals surface area contributed by atoms with E-state index in [0.29, 0.717) is 23.7 Å². The number of hydrogen-bond donors (Lipinski definition) is 2. The largest absolute Gasteiger partial charge is 0.355 e. The summed E-state index contributed by atoms with van der Waals surface area (Å²) in [7, 11) is 0. The molecule has 1 aliphatic heterocycles. The quantitative estimate of drug-likeness (QED) is 0.859. The molecule has 0 spiro atoms. The average Bonchev–Trinajstić information content (AvgIpc) is 2.58. The summed E-state index contributed by atoms with van der Waals surface area (Å²) in [5, 5.41) is 5.47. The summed E-state index contributed by atoms with van der Waals surface area (Å²) in [5.74, 6) is -0.320. The van der Waals surface area contributed by atoms with Crippen LogP contribution in [0.25, 0.3) is 0 Å². The highest BCUT2D eigenvalue weighted by atomic mass is 16.2. The smallest absolute Gasteiger partial charge is 0.254 e. The van der Waals surface area contributed by atoms with Gasteiger partial charge in [0.25, 0.3) is 5.91 Å². The Hall–Kier alpha value is -2.37. The Morgan fingerprint density at radius 2 is 2.00 bits per heavy atom. The fourth-order valence-corrected chi connectivity index (χ4v) is 2.45. The summed E-state index contributed by atoms with van der Waals surface area (Å²) in [6.07, 6.45) is 0.882. The zero-order valence-corrected chi connectivity index (χ0v) is 13.8. The first-order valence-corrected chi connectivity index (χ1v) is 7.88. The van der Waals surface area contributed by atoms with E-state index in [-0.39, 0.29) is 24.3 Å². The van der Waals surface area contributed by atoms with Crippen molar-refractivity contribution in [2.45, 2.75) is 33.2 Å². The van der Waals surface area contributed by atoms with E-state index in [1.165, 1.54) is 4.90 Å². The number of nitrogens with one attached hydrogen (secondary N) is 2. The summed E-state index contributed by atoms with van der Waals surface area (Å²) in [6.45, 7) is 6.27. The normalized spacial score (nSPS) is 17.6. The van der Waals surface area contributed by atoms with Crippen molar-refractivity contribution in [2.75, 3.05) is 18.0 Å². The molecule has 1 unspecified atom stereocenters. The first kappa shape index (κ1) is 17.0. The molecule has 2 N–H and O–H groups in total. The van der Waals surface area contributed by atoms with Crippen LogP contribution in [0.2, 0.25) is 0 Å². The van der Waals surface area contributed by atoms with E-state index < -0.39 is 6.04 Å². The molecule has 23 heavy (non-hydrogen) atoms. The standard InChI is InChI=1S/C17H23N3O3/c1-11(2)8-9-18-15(21)10-20-14-7-5-4-6-13(14)16(22)19-12(3)17(20)23/h4-7,11-12H,8-10H2,1-3H3,(H,18,21)(H,19,22). The fraction of sp³-hybridized carbons (Fsp3) is 0.471. The van der Waals surface area contributed by atoms with E-state index in [1.807, 2.05) is 0 Å². The van der Waals surface area contributed by atoms with Gasteiger partial charge in [-0.05, 0) is 31.4 Å². The van der Waals surface area contributed by atoms with Gasteiger partial charge in [-0.1, -0.05) is 26.0 Å². The Morgan fingerprint density at radius 1 is 1.30 bits per heavy atom. The highest BCUT2D eigenvalue weighted by Gasteiger charge is 2.31. The number of para-hydroxylation sites is 1. The monoisotopic (exact) mass is 317 g/mol. The number of anilines is 1. The summed E-state index contributed by atoms with van der Waals surface area (Å²) in [6, 6.07) is 6.16. The lowest BCUT2D eigenvalue weighted by atomic mass is 10.1. The third-order valence-electron chi connectivity index (χ3n) is 3.77. The zero-order chi connectivity index (χ0) is 17.0. The number of benzene rings is 1. The molecular weight excluding hydrogens is 294 g/mol. The molecule has 3 amide bonds. The summed E-state index contributed by atoms with van der Waals surface area (Å²) < 4.78 is 0. The summed E-state index contributed by atoms with van der Waals surface area (Å²) >= 11 is 0. The molecule has 2 rings (SSSR count). The van der Waals surface area contributed by atoms with Crippen LogP contribution >= 0.6 is 0 Å². The minimum absolute atomic E-state index is 0.0900. The van der Waals surface area contributed by atoms with Gasteiger partial charge in [-0.2, -0.15) is 0 Å². The minimum Gasteiger partial charge on any atom is -0.355 e. The Balaban J connectivity index is 2.17. The number of carbonyl (C=O) groups excluding carboxylic acids is 3. The van der Waals surface area contributed by atoms with Crippen LogP contribution in [0.1, 0.15) is 37.6 Å². The van der Waals surface area contributed by atoms with Gasteiger partial charge in [0, 0.05) is 6.54 Å². The van der Waals surface area contributed by atoms with E-state index in [9.17, 15) is 14.4 Å². The van der Waals surface area contributed by atoms with Gasteiger partial charge in [-0.25, -0.2) is 0 Å². The molecule has 1 atom stereocenters. The van der Waals surface area contributed by atoms with E-state index in [0.717, 1.165) is 6.42 Å². The molecule has 6 nitrogen and oxygen atoms in total. The molecule has 1 aromatic carbocycles. The predicted octanol–water partition coefficient (Wildman–Crippen LogP) is 1.31. The van der Waals surface area contributed by atoms with Crippen LogP contribution in [0.15, 0.2) is 24.3 Å². The van der Waals surface area contributed by atoms with Crippen LogP contribution in [-0.4, -0.2) is 36.9 Å². The van der Waals surface area contributed by atoms with Crippen molar-refractivity contribution < 1.29 is 14.4 Å². The van der Waals surface area contributed by atoms with Crippen molar-refractivity contribution in [1.29, 1.82) is 0 Å². The lowest BCUT2D eigenvalue weighted by molar-refractivity contribution is -0.124. The molecule has 0 radical (unpaired) electrons. The molecule has 0 saturated carbocycles. The SMILES string of the molecule is CC(C)CCNC(=O)CN1C(=O)C(C)NC(=O)c2ccccc21. The molecule has 0 saturated heterocycles. The van der Waals surface area contributed by atoms with Crippen LogP contribution in [-0.2, 0) is 9.59 Å². The topological polar surface area (TPSA) is 78.5 Å². The van der Waals surface area contributed by atoms with E-state index in [4.69, 9.17) is 0 Å². The van der Waals surface area contributed by atoms with Crippen LogP contribution in [0, 0.1) is 5.92 Å². The second-order valence-electron chi connectivity index (χ2n) is 6.17. The second kappa shape index (κ2) is 7.26. The first-order valence-electron chi connectivity index (χ1n) is 7.88. The first-order chi connectivity index (χ1) is 10.9. The van der Waals surface area contributed by atoms with E-state index in [1.54, 1.807) is 31.2 Å². The van der Waals surface area contributed by atoms with E-state index in [2.05, 4.69) is 24.5 Å². The van der Waals surface area contributed by atoms with Crippen molar-refractivity contribution >= 4 is 23.4 Å². The van der Waals surface area contributed by atoms with Gasteiger partial charge in [0.15, 0.2) is 0 Å². The minimum atomic E-state index is -0.668. The summed E-state index contributed by atoms with van der Waals surface area (Å²) in [4.78, 5) is 38.2. The van der Waals surface area contributed by atoms with Gasteiger partial charge >= 0.3 is 0 Å². The molecule has 0 fully saturated rings. The molecule has 1 heterocycles. The van der Waals surface area contributed by atoms with E-state index >= 15 is 0 Å². The zero-order valence-electron chi connectivity index (χ0n) is 13.8. The Kier molecular flexibility index (Phi) is 5.36. The number of carbonyl (C=O) groups is 3. The molecular formula is C17H23N3O3. The van der Waals surface area contributed by atoms with Crippen molar-refractivity contribution in [2.24, 2.45) is 5.92 Å². The van der Waals surface area contributed by atoms with Crippen LogP contribution < -0.4 is 15.5 Å². The van der Waals surface area contributed by atoms with Crippen LogP contribution in [0.4, 0.5) is 5.69 Å². The van der Waals surface area contributed by atoms with Gasteiger partial charge in [0.2, 0.25) is 11.8 Å². The number of nitrogens with zero attached hydrogens (tertiary/aromatic N) is 1. The maximum absolute atomic E-state index is 12.5. The molecule has 0 aromatic heterocycles. The van der Waals surface area contributed by atoms with Crippen molar-refractivity contribution in [1.82, 2.24) is 10.6 Å². The molecule has 0 aliphatic carbocycles. The summed E-state index contributed by atoms with van der Waals surface area (Å²) in [5.41, 5.74) is 0.874. The lowest BCUT2D eigenvalue weighted by Crippen LogP contribution is -2.47. The number of fused-ring (bicyclic) bond motifs is 1. The van der Waals surface area contributed by atoms with Crippen molar-refractivity contribution in [3.05, 3.63) is 29.8 Å². The molecule has 6 heteroatoms. The average molecular weight is 317 g/mol. The Morgan fingerprint density at radius 3 is 2.70 bits per heavy atom. The van der Waals surface area contributed by atoms with Crippen LogP contribution in [0.5, 0.6) is 0 Å². The van der Waals surface area contributed by atoms with Gasteiger partial charge in [0.1, 0.15) is 12.6 Å². The highest BCUT2D eigenvalue weighted by Crippen LogP contribution is 2.23. The molecule has 0 bridgehead atoms. The highest BCUT2D eigenvalue weighted by molar-refractivity contribution is 6.12. The number of amides is 3. The van der Waals surface area contributed by atoms with Gasteiger partial charge < -0.3 is 15.5 Å². The third kappa shape index (κ3) is 4.09. The number of hydrogen-bond acceptors (Lipinski definition) is 3. The van der Waals surface area contributed by atoms with Gasteiger partial charge in [-0.3, -0.25) is 14.4 Å². The van der Waals surface area contributed by atoms with Crippen LogP contribution in [0.3, 0.4) is 0 Å².